The van der Waals surface area contributed by atoms with E-state index in [1.165, 1.54) is 11.8 Å². The highest BCUT2D eigenvalue weighted by molar-refractivity contribution is 8.02. The number of hydrogen-bond acceptors (Lipinski definition) is 7. The highest BCUT2D eigenvalue weighted by Crippen LogP contribution is 2.34. The van der Waals surface area contributed by atoms with Gasteiger partial charge in [0.25, 0.3) is 0 Å². The van der Waals surface area contributed by atoms with E-state index in [-0.39, 0.29) is 23.3 Å². The van der Waals surface area contributed by atoms with Crippen molar-refractivity contribution >= 4 is 105 Å². The van der Waals surface area contributed by atoms with E-state index < -0.39 is 0 Å². The van der Waals surface area contributed by atoms with Crippen LogP contribution in [0.1, 0.15) is 5.56 Å². The van der Waals surface area contributed by atoms with Gasteiger partial charge in [-0.25, -0.2) is 0 Å². The molecule has 0 aliphatic carbocycles. The molecule has 0 atom stereocenters. The molecular weight excluding hydrogens is 566 g/mol. The minimum Gasteiger partial charge on any atom is -0.325 e. The predicted octanol–water partition coefficient (Wildman–Crippen LogP) is 7.09. The molecule has 6 nitrogen and oxygen atoms in total. The van der Waals surface area contributed by atoms with Crippen molar-refractivity contribution in [3.8, 4) is 6.07 Å². The number of nitrogens with zero attached hydrogens (tertiary/aromatic N) is 2. The molecule has 2 N–H and O–H groups in total. The van der Waals surface area contributed by atoms with E-state index in [2.05, 4.69) is 21.1 Å². The number of aromatic nitrogens is 1. The molecule has 0 aliphatic heterocycles. The molecule has 0 bridgehead atoms. The molecule has 0 unspecified atom stereocenters. The van der Waals surface area contributed by atoms with Crippen molar-refractivity contribution < 1.29 is 9.59 Å². The number of carbonyl (C=O) groups excluding carboxylic acids is 2. The Morgan fingerprint density at radius 1 is 0.879 bits per heavy atom. The topological polar surface area (TPSA) is 94.9 Å². The van der Waals surface area contributed by atoms with Gasteiger partial charge in [-0.2, -0.15) is 9.64 Å². The van der Waals surface area contributed by atoms with E-state index in [9.17, 15) is 14.9 Å². The zero-order valence-corrected chi connectivity index (χ0v) is 21.8. The summed E-state index contributed by atoms with van der Waals surface area (Å²) in [4.78, 5) is 24.5. The fraction of sp³-hybridized carbons (Fsp3) is 0.100. The number of nitriles is 1. The van der Waals surface area contributed by atoms with E-state index in [0.717, 1.165) is 23.3 Å². The van der Waals surface area contributed by atoms with Gasteiger partial charge < -0.3 is 10.6 Å². The summed E-state index contributed by atoms with van der Waals surface area (Å²) in [5, 5.41) is 16.8. The van der Waals surface area contributed by atoms with Crippen molar-refractivity contribution in [2.24, 2.45) is 0 Å². The van der Waals surface area contributed by atoms with Crippen molar-refractivity contribution in [1.82, 2.24) is 4.37 Å². The summed E-state index contributed by atoms with van der Waals surface area (Å²) in [6, 6.07) is 11.7. The van der Waals surface area contributed by atoms with Gasteiger partial charge in [-0.05, 0) is 47.9 Å². The van der Waals surface area contributed by atoms with Crippen molar-refractivity contribution in [2.45, 2.75) is 9.24 Å². The lowest BCUT2D eigenvalue weighted by Crippen LogP contribution is -2.14. The quantitative estimate of drug-likeness (QED) is 0.277. The SMILES string of the molecule is N#Cc1c(SCC(=O)Nc2ccc(Cl)c(Cl)c2)nsc1SCC(=O)Nc1ccc(Cl)c(Cl)c1. The number of rotatable bonds is 8. The van der Waals surface area contributed by atoms with E-state index in [4.69, 9.17) is 46.4 Å². The third-order valence-electron chi connectivity index (χ3n) is 3.82. The summed E-state index contributed by atoms with van der Waals surface area (Å²) in [5.41, 5.74) is 1.36. The fourth-order valence-electron chi connectivity index (χ4n) is 2.36. The van der Waals surface area contributed by atoms with Crippen LogP contribution in [0.25, 0.3) is 0 Å². The highest BCUT2D eigenvalue weighted by atomic mass is 35.5. The molecule has 2 amide bonds. The molecule has 0 saturated carbocycles. The third kappa shape index (κ3) is 7.42. The number of thioether (sulfide) groups is 2. The van der Waals surface area contributed by atoms with Crippen LogP contribution in [0.2, 0.25) is 20.1 Å². The van der Waals surface area contributed by atoms with Crippen LogP contribution in [-0.4, -0.2) is 27.7 Å². The lowest BCUT2D eigenvalue weighted by Gasteiger charge is -2.06. The van der Waals surface area contributed by atoms with E-state index in [1.54, 1.807) is 36.4 Å². The Kier molecular flexibility index (Phi) is 9.58. The zero-order chi connectivity index (χ0) is 24.0. The van der Waals surface area contributed by atoms with Crippen LogP contribution >= 0.6 is 81.5 Å². The molecule has 2 aromatic carbocycles. The number of nitrogens with one attached hydrogen (secondary N) is 2. The van der Waals surface area contributed by atoms with Crippen LogP contribution in [0.15, 0.2) is 45.6 Å². The zero-order valence-electron chi connectivity index (χ0n) is 16.3. The molecular formula is C20H12Cl4N4O2S3. The van der Waals surface area contributed by atoms with Gasteiger partial charge in [0.05, 0.1) is 31.6 Å². The van der Waals surface area contributed by atoms with Gasteiger partial charge in [-0.3, -0.25) is 9.59 Å². The molecule has 0 radical (unpaired) electrons. The van der Waals surface area contributed by atoms with Gasteiger partial charge in [0.2, 0.25) is 11.8 Å². The Labute approximate surface area is 222 Å². The molecule has 0 saturated heterocycles. The van der Waals surface area contributed by atoms with E-state index in [1.807, 2.05) is 0 Å². The Morgan fingerprint density at radius 3 is 1.88 bits per heavy atom. The third-order valence-corrected chi connectivity index (χ3v) is 8.49. The Hall–Kier alpha value is -1.64. The summed E-state index contributed by atoms with van der Waals surface area (Å²) in [6.45, 7) is 0. The van der Waals surface area contributed by atoms with Crippen molar-refractivity contribution in [2.75, 3.05) is 22.1 Å². The van der Waals surface area contributed by atoms with Crippen LogP contribution in [0.3, 0.4) is 0 Å². The highest BCUT2D eigenvalue weighted by Gasteiger charge is 2.17. The second kappa shape index (κ2) is 12.2. The van der Waals surface area contributed by atoms with E-state index >= 15 is 0 Å². The van der Waals surface area contributed by atoms with Gasteiger partial charge in [-0.1, -0.05) is 58.2 Å². The fourth-order valence-corrected chi connectivity index (χ4v) is 5.65. The molecule has 3 rings (SSSR count). The lowest BCUT2D eigenvalue weighted by molar-refractivity contribution is -0.114. The van der Waals surface area contributed by atoms with Crippen LogP contribution in [0.4, 0.5) is 11.4 Å². The summed E-state index contributed by atoms with van der Waals surface area (Å²) >= 11 is 27.1. The summed E-state index contributed by atoms with van der Waals surface area (Å²) in [5.74, 6) is -0.448. The van der Waals surface area contributed by atoms with Crippen molar-refractivity contribution in [3.05, 3.63) is 62.1 Å². The molecule has 1 aromatic heterocycles. The van der Waals surface area contributed by atoms with Crippen LogP contribution in [0.5, 0.6) is 0 Å². The Bertz CT molecular complexity index is 1160. The van der Waals surface area contributed by atoms with Gasteiger partial charge in [0, 0.05) is 11.4 Å². The summed E-state index contributed by atoms with van der Waals surface area (Å²) in [6.07, 6.45) is 0. The molecule has 3 aromatic rings. The number of halogens is 4. The van der Waals surface area contributed by atoms with Gasteiger partial charge >= 0.3 is 0 Å². The van der Waals surface area contributed by atoms with Gasteiger partial charge in [0.1, 0.15) is 20.9 Å². The number of amides is 2. The maximum atomic E-state index is 12.2. The molecule has 170 valence electrons. The van der Waals surface area contributed by atoms with Crippen molar-refractivity contribution in [1.29, 1.82) is 5.26 Å². The second-order valence-electron chi connectivity index (χ2n) is 6.19. The molecule has 33 heavy (non-hydrogen) atoms. The smallest absolute Gasteiger partial charge is 0.234 e. The van der Waals surface area contributed by atoms with Crippen LogP contribution in [0, 0.1) is 11.3 Å². The molecule has 0 fully saturated rings. The first-order valence-electron chi connectivity index (χ1n) is 8.92. The number of carbonyl (C=O) groups is 2. The average Bonchev–Trinajstić information content (AvgIpc) is 3.18. The number of anilines is 2. The Balaban J connectivity index is 1.54. The van der Waals surface area contributed by atoms with Crippen molar-refractivity contribution in [3.63, 3.8) is 0 Å². The number of hydrogen-bond donors (Lipinski definition) is 2. The van der Waals surface area contributed by atoms with Crippen LogP contribution in [-0.2, 0) is 9.59 Å². The van der Waals surface area contributed by atoms with Gasteiger partial charge in [0.15, 0.2) is 0 Å². The predicted molar refractivity (Wildman–Crippen MR) is 138 cm³/mol. The standard InChI is InChI=1S/C20H12Cl4N4O2S3/c21-13-3-1-10(5-15(13)23)26-17(29)8-31-19-12(7-25)20(33-28-19)32-9-18(30)27-11-2-4-14(22)16(24)6-11/h1-6H,8-9H2,(H,26,29)(H,27,30). The minimum atomic E-state index is -0.287. The molecule has 0 spiro atoms. The first kappa shape index (κ1) is 26.0. The monoisotopic (exact) mass is 576 g/mol. The molecule has 1 heterocycles. The second-order valence-corrected chi connectivity index (χ2v) is 10.8. The first-order valence-corrected chi connectivity index (χ1v) is 13.2. The lowest BCUT2D eigenvalue weighted by atomic mass is 10.3. The summed E-state index contributed by atoms with van der Waals surface area (Å²) in [7, 11) is 0. The normalized spacial score (nSPS) is 10.5. The minimum absolute atomic E-state index is 0.0422. The average molecular weight is 578 g/mol. The van der Waals surface area contributed by atoms with Crippen LogP contribution < -0.4 is 10.6 Å². The number of benzene rings is 2. The summed E-state index contributed by atoms with van der Waals surface area (Å²) < 4.78 is 4.85. The molecule has 0 aliphatic rings. The largest absolute Gasteiger partial charge is 0.325 e. The molecule has 13 heteroatoms. The van der Waals surface area contributed by atoms with E-state index in [0.29, 0.717) is 46.3 Å². The first-order chi connectivity index (χ1) is 15.8. The maximum Gasteiger partial charge on any atom is 0.234 e. The Morgan fingerprint density at radius 2 is 1.39 bits per heavy atom. The maximum absolute atomic E-state index is 12.2. The van der Waals surface area contributed by atoms with Gasteiger partial charge in [-0.15, -0.1) is 11.8 Å².